The lowest BCUT2D eigenvalue weighted by molar-refractivity contribution is 1.06. The first-order chi connectivity index (χ1) is 7.70. The molecule has 2 aromatic heterocycles. The molecule has 1 radical (unpaired) electrons. The van der Waals surface area contributed by atoms with Gasteiger partial charge in [0.25, 0.3) is 0 Å². The molecule has 0 aliphatic carbocycles. The van der Waals surface area contributed by atoms with E-state index < -0.39 is 0 Å². The van der Waals surface area contributed by atoms with Crippen molar-refractivity contribution >= 4 is 15.9 Å². The van der Waals surface area contributed by atoms with Gasteiger partial charge in [-0.05, 0) is 35.0 Å². The minimum atomic E-state index is 0.829. The van der Waals surface area contributed by atoms with Crippen LogP contribution >= 0.6 is 15.9 Å². The van der Waals surface area contributed by atoms with Gasteiger partial charge in [0.1, 0.15) is 5.69 Å². The second kappa shape index (κ2) is 4.70. The van der Waals surface area contributed by atoms with Crippen molar-refractivity contribution in [1.29, 1.82) is 0 Å². The lowest BCUT2D eigenvalue weighted by Gasteiger charge is -2.06. The van der Waals surface area contributed by atoms with E-state index in [1.165, 1.54) is 0 Å². The Morgan fingerprint density at radius 1 is 1.19 bits per heavy atom. The number of pyridine rings is 1. The third-order valence-electron chi connectivity index (χ3n) is 2.16. The van der Waals surface area contributed by atoms with Gasteiger partial charge in [-0.1, -0.05) is 6.92 Å². The van der Waals surface area contributed by atoms with E-state index in [4.69, 9.17) is 0 Å². The van der Waals surface area contributed by atoms with Crippen LogP contribution in [0.4, 0.5) is 0 Å². The third kappa shape index (κ3) is 2.27. The van der Waals surface area contributed by atoms with Crippen molar-refractivity contribution in [3.63, 3.8) is 0 Å². The van der Waals surface area contributed by atoms with Crippen LogP contribution in [-0.4, -0.2) is 15.0 Å². The van der Waals surface area contributed by atoms with E-state index in [2.05, 4.69) is 30.9 Å². The summed E-state index contributed by atoms with van der Waals surface area (Å²) in [5.41, 5.74) is 3.42. The van der Waals surface area contributed by atoms with Crippen LogP contribution in [-0.2, 0) is 0 Å². The second-order valence-corrected chi connectivity index (χ2v) is 4.31. The minimum Gasteiger partial charge on any atom is -0.257 e. The average Bonchev–Trinajstić information content (AvgIpc) is 2.30. The summed E-state index contributed by atoms with van der Waals surface area (Å²) in [6, 6.07) is 3.88. The van der Waals surface area contributed by atoms with Gasteiger partial charge in [0.05, 0.1) is 17.1 Å². The first-order valence-corrected chi connectivity index (χ1v) is 5.75. The summed E-state index contributed by atoms with van der Waals surface area (Å²) in [6.45, 7) is 3.87. The highest BCUT2D eigenvalue weighted by molar-refractivity contribution is 9.10. The van der Waals surface area contributed by atoms with E-state index in [1.54, 1.807) is 12.4 Å². The summed E-state index contributed by atoms with van der Waals surface area (Å²) in [7, 11) is 0. The van der Waals surface area contributed by atoms with E-state index in [9.17, 15) is 0 Å². The summed E-state index contributed by atoms with van der Waals surface area (Å²) in [5.74, 6) is 0. The Hall–Kier alpha value is -1.29. The van der Waals surface area contributed by atoms with Gasteiger partial charge in [-0.15, -0.1) is 0 Å². The highest BCUT2D eigenvalue weighted by atomic mass is 79.9. The summed E-state index contributed by atoms with van der Waals surface area (Å²) >= 11 is 3.36. The lowest BCUT2D eigenvalue weighted by Crippen LogP contribution is -1.98. The standard InChI is InChI=1S/C12H11BrN3/c1-3-10-12(16-8(2)6-14-10)11-5-4-9(13)7-15-11/h3-7H,1-2H3. The molecule has 3 nitrogen and oxygen atoms in total. The van der Waals surface area contributed by atoms with Gasteiger partial charge in [-0.25, -0.2) is 4.98 Å². The number of halogens is 1. The molecule has 0 aliphatic rings. The molecule has 0 aliphatic heterocycles. The normalized spacial score (nSPS) is 10.4. The third-order valence-corrected chi connectivity index (χ3v) is 2.63. The van der Waals surface area contributed by atoms with Gasteiger partial charge in [0.2, 0.25) is 0 Å². The molecule has 0 aromatic carbocycles. The van der Waals surface area contributed by atoms with Crippen LogP contribution in [0.2, 0.25) is 0 Å². The Kier molecular flexibility index (Phi) is 3.29. The number of rotatable bonds is 2. The van der Waals surface area contributed by atoms with Crippen molar-refractivity contribution in [3.05, 3.63) is 46.8 Å². The van der Waals surface area contributed by atoms with Gasteiger partial charge in [-0.2, -0.15) is 0 Å². The summed E-state index contributed by atoms with van der Waals surface area (Å²) in [6.07, 6.45) is 5.46. The highest BCUT2D eigenvalue weighted by Gasteiger charge is 2.08. The van der Waals surface area contributed by atoms with Gasteiger partial charge in [0.15, 0.2) is 0 Å². The highest BCUT2D eigenvalue weighted by Crippen LogP contribution is 2.20. The molecule has 0 saturated heterocycles. The van der Waals surface area contributed by atoms with Crippen LogP contribution in [0.25, 0.3) is 11.4 Å². The Balaban J connectivity index is 2.53. The molecule has 0 fully saturated rings. The van der Waals surface area contributed by atoms with Crippen LogP contribution in [0.1, 0.15) is 18.3 Å². The Labute approximate surface area is 103 Å². The zero-order valence-corrected chi connectivity index (χ0v) is 10.7. The van der Waals surface area contributed by atoms with Crippen LogP contribution < -0.4 is 0 Å². The topological polar surface area (TPSA) is 38.7 Å². The predicted molar refractivity (Wildman–Crippen MR) is 66.8 cm³/mol. The molecular weight excluding hydrogens is 266 g/mol. The molecule has 0 amide bonds. The number of nitrogens with zero attached hydrogens (tertiary/aromatic N) is 3. The van der Waals surface area contributed by atoms with Gasteiger partial charge >= 0.3 is 0 Å². The van der Waals surface area contributed by atoms with E-state index in [0.717, 1.165) is 27.2 Å². The quantitative estimate of drug-likeness (QED) is 0.846. The van der Waals surface area contributed by atoms with Crippen molar-refractivity contribution < 1.29 is 0 Å². The molecular formula is C12H11BrN3. The Bertz CT molecular complexity index is 494. The Morgan fingerprint density at radius 2 is 2.00 bits per heavy atom. The molecule has 4 heteroatoms. The minimum absolute atomic E-state index is 0.829. The maximum absolute atomic E-state index is 4.47. The maximum Gasteiger partial charge on any atom is 0.111 e. The zero-order valence-electron chi connectivity index (χ0n) is 9.11. The molecule has 2 aromatic rings. The van der Waals surface area contributed by atoms with E-state index in [0.29, 0.717) is 0 Å². The van der Waals surface area contributed by atoms with Crippen molar-refractivity contribution in [3.8, 4) is 11.4 Å². The van der Waals surface area contributed by atoms with Crippen molar-refractivity contribution in [2.75, 3.05) is 0 Å². The van der Waals surface area contributed by atoms with E-state index >= 15 is 0 Å². The van der Waals surface area contributed by atoms with Crippen molar-refractivity contribution in [2.45, 2.75) is 13.8 Å². The molecule has 0 N–H and O–H groups in total. The molecule has 16 heavy (non-hydrogen) atoms. The largest absolute Gasteiger partial charge is 0.257 e. The predicted octanol–water partition coefficient (Wildman–Crippen LogP) is 3.18. The number of aryl methyl sites for hydroxylation is 1. The van der Waals surface area contributed by atoms with Crippen LogP contribution in [0, 0.1) is 13.3 Å². The number of hydrogen-bond acceptors (Lipinski definition) is 3. The first-order valence-electron chi connectivity index (χ1n) is 4.95. The number of aromatic nitrogens is 3. The van der Waals surface area contributed by atoms with E-state index in [-0.39, 0.29) is 0 Å². The molecule has 2 rings (SSSR count). The van der Waals surface area contributed by atoms with Crippen molar-refractivity contribution in [2.24, 2.45) is 0 Å². The summed E-state index contributed by atoms with van der Waals surface area (Å²) < 4.78 is 0.957. The van der Waals surface area contributed by atoms with Crippen molar-refractivity contribution in [1.82, 2.24) is 15.0 Å². The molecule has 2 heterocycles. The van der Waals surface area contributed by atoms with Gasteiger partial charge in [0, 0.05) is 23.3 Å². The molecule has 0 atom stereocenters. The maximum atomic E-state index is 4.47. The second-order valence-electron chi connectivity index (χ2n) is 3.40. The fourth-order valence-electron chi connectivity index (χ4n) is 1.40. The average molecular weight is 277 g/mol. The monoisotopic (exact) mass is 276 g/mol. The van der Waals surface area contributed by atoms with Gasteiger partial charge < -0.3 is 0 Å². The van der Waals surface area contributed by atoms with E-state index in [1.807, 2.05) is 32.4 Å². The molecule has 0 spiro atoms. The summed E-state index contributed by atoms with van der Waals surface area (Å²) in [5, 5.41) is 0. The van der Waals surface area contributed by atoms with Crippen LogP contribution in [0.3, 0.4) is 0 Å². The lowest BCUT2D eigenvalue weighted by atomic mass is 10.2. The van der Waals surface area contributed by atoms with Gasteiger partial charge in [-0.3, -0.25) is 9.97 Å². The fourth-order valence-corrected chi connectivity index (χ4v) is 1.64. The zero-order chi connectivity index (χ0) is 11.5. The first kappa shape index (κ1) is 11.2. The SMILES string of the molecule is C[CH]c1ncc(C)nc1-c1ccc(Br)cn1. The van der Waals surface area contributed by atoms with Crippen LogP contribution in [0.5, 0.6) is 0 Å². The fraction of sp³-hybridized carbons (Fsp3) is 0.167. The molecule has 0 unspecified atom stereocenters. The Morgan fingerprint density at radius 3 is 2.62 bits per heavy atom. The summed E-state index contributed by atoms with van der Waals surface area (Å²) in [4.78, 5) is 13.1. The number of hydrogen-bond donors (Lipinski definition) is 0. The molecule has 0 saturated carbocycles. The van der Waals surface area contributed by atoms with Crippen LogP contribution in [0.15, 0.2) is 29.0 Å². The molecule has 81 valence electrons. The molecule has 0 bridgehead atoms. The smallest absolute Gasteiger partial charge is 0.111 e.